The van der Waals surface area contributed by atoms with Crippen molar-refractivity contribution in [3.63, 3.8) is 0 Å². The Hall–Kier alpha value is -1.16. The van der Waals surface area contributed by atoms with Crippen molar-refractivity contribution in [2.45, 2.75) is 31.7 Å². The second-order valence-corrected chi connectivity index (χ2v) is 4.50. The van der Waals surface area contributed by atoms with Gasteiger partial charge in [-0.05, 0) is 43.3 Å². The summed E-state index contributed by atoms with van der Waals surface area (Å²) in [5, 5.41) is 6.82. The van der Waals surface area contributed by atoms with Gasteiger partial charge in [0.1, 0.15) is 5.82 Å². The largest absolute Gasteiger partial charge is 0.360 e. The van der Waals surface area contributed by atoms with Crippen LogP contribution in [-0.2, 0) is 0 Å². The summed E-state index contributed by atoms with van der Waals surface area (Å²) in [5.41, 5.74) is 0.690. The average molecular weight is 238 g/mol. The van der Waals surface area contributed by atoms with Gasteiger partial charge >= 0.3 is 0 Å². The fraction of sp³-hybridized carbons (Fsp3) is 0.417. The van der Waals surface area contributed by atoms with Gasteiger partial charge in [0.2, 0.25) is 0 Å². The molecule has 2 nitrogen and oxygen atoms in total. The third-order valence-electron chi connectivity index (χ3n) is 2.77. The average Bonchev–Trinajstić information content (AvgIpc) is 2.70. The van der Waals surface area contributed by atoms with Crippen molar-refractivity contribution in [2.75, 3.05) is 5.32 Å². The van der Waals surface area contributed by atoms with Crippen molar-refractivity contribution < 1.29 is 4.39 Å². The van der Waals surface area contributed by atoms with Gasteiger partial charge in [-0.3, -0.25) is 0 Å². The molecule has 1 aromatic rings. The van der Waals surface area contributed by atoms with Gasteiger partial charge in [-0.2, -0.15) is 0 Å². The highest BCUT2D eigenvalue weighted by molar-refractivity contribution is 7.80. The molecular weight excluding hydrogens is 223 g/mol. The van der Waals surface area contributed by atoms with Gasteiger partial charge in [-0.1, -0.05) is 18.9 Å². The molecule has 0 unspecified atom stereocenters. The second kappa shape index (κ2) is 5.25. The number of benzene rings is 1. The van der Waals surface area contributed by atoms with Crippen molar-refractivity contribution in [3.8, 4) is 0 Å². The maximum Gasteiger partial charge on any atom is 0.170 e. The Bertz CT molecular complexity index is 375. The SMILES string of the molecule is Fc1cccc(NC(=S)NC2CCCC2)c1. The fourth-order valence-electron chi connectivity index (χ4n) is 1.99. The summed E-state index contributed by atoms with van der Waals surface area (Å²) in [6, 6.07) is 6.79. The molecular formula is C12H15FN2S. The van der Waals surface area contributed by atoms with Crippen LogP contribution in [0.4, 0.5) is 10.1 Å². The highest BCUT2D eigenvalue weighted by Gasteiger charge is 2.15. The highest BCUT2D eigenvalue weighted by Crippen LogP contribution is 2.18. The van der Waals surface area contributed by atoms with E-state index in [1.54, 1.807) is 12.1 Å². The highest BCUT2D eigenvalue weighted by atomic mass is 32.1. The molecule has 0 heterocycles. The van der Waals surface area contributed by atoms with Crippen LogP contribution in [0, 0.1) is 5.82 Å². The molecule has 2 rings (SSSR count). The van der Waals surface area contributed by atoms with Crippen molar-refractivity contribution in [1.82, 2.24) is 5.32 Å². The predicted molar refractivity (Wildman–Crippen MR) is 68.0 cm³/mol. The van der Waals surface area contributed by atoms with Gasteiger partial charge < -0.3 is 10.6 Å². The van der Waals surface area contributed by atoms with Crippen LogP contribution in [0.3, 0.4) is 0 Å². The van der Waals surface area contributed by atoms with E-state index >= 15 is 0 Å². The van der Waals surface area contributed by atoms with E-state index in [4.69, 9.17) is 12.2 Å². The molecule has 4 heteroatoms. The molecule has 0 atom stereocenters. The molecule has 16 heavy (non-hydrogen) atoms. The Balaban J connectivity index is 1.86. The molecule has 1 aromatic carbocycles. The van der Waals surface area contributed by atoms with Crippen LogP contribution in [0.5, 0.6) is 0 Å². The first-order valence-corrected chi connectivity index (χ1v) is 5.98. The molecule has 0 aromatic heterocycles. The van der Waals surface area contributed by atoms with E-state index in [0.717, 1.165) is 0 Å². The molecule has 0 bridgehead atoms. The first kappa shape index (κ1) is 11.3. The Morgan fingerprint density at radius 1 is 1.31 bits per heavy atom. The summed E-state index contributed by atoms with van der Waals surface area (Å²) in [7, 11) is 0. The van der Waals surface area contributed by atoms with Crippen molar-refractivity contribution in [1.29, 1.82) is 0 Å². The number of anilines is 1. The van der Waals surface area contributed by atoms with E-state index in [1.807, 2.05) is 0 Å². The van der Waals surface area contributed by atoms with Crippen LogP contribution < -0.4 is 10.6 Å². The molecule has 1 fully saturated rings. The minimum atomic E-state index is -0.256. The Labute approximate surface area is 100 Å². The number of rotatable bonds is 2. The van der Waals surface area contributed by atoms with Gasteiger partial charge in [0.25, 0.3) is 0 Å². The zero-order valence-corrected chi connectivity index (χ0v) is 9.82. The summed E-state index contributed by atoms with van der Waals surface area (Å²) < 4.78 is 12.9. The minimum absolute atomic E-state index is 0.256. The first-order valence-electron chi connectivity index (χ1n) is 5.57. The van der Waals surface area contributed by atoms with Crippen molar-refractivity contribution >= 4 is 23.0 Å². The summed E-state index contributed by atoms with van der Waals surface area (Å²) in [6.45, 7) is 0. The molecule has 1 aliphatic carbocycles. The first-order chi connectivity index (χ1) is 7.74. The van der Waals surface area contributed by atoms with Gasteiger partial charge in [-0.25, -0.2) is 4.39 Å². The normalized spacial score (nSPS) is 16.1. The van der Waals surface area contributed by atoms with E-state index in [2.05, 4.69) is 10.6 Å². The quantitative estimate of drug-likeness (QED) is 0.774. The van der Waals surface area contributed by atoms with Crippen LogP contribution in [0.2, 0.25) is 0 Å². The lowest BCUT2D eigenvalue weighted by Gasteiger charge is -2.15. The van der Waals surface area contributed by atoms with Gasteiger partial charge in [0.05, 0.1) is 0 Å². The lowest BCUT2D eigenvalue weighted by Crippen LogP contribution is -2.35. The Morgan fingerprint density at radius 2 is 2.06 bits per heavy atom. The molecule has 0 amide bonds. The lowest BCUT2D eigenvalue weighted by molar-refractivity contribution is 0.628. The third kappa shape index (κ3) is 3.17. The van der Waals surface area contributed by atoms with E-state index < -0.39 is 0 Å². The molecule has 1 saturated carbocycles. The monoisotopic (exact) mass is 238 g/mol. The van der Waals surface area contributed by atoms with E-state index in [-0.39, 0.29) is 5.82 Å². The van der Waals surface area contributed by atoms with Gasteiger partial charge in [-0.15, -0.1) is 0 Å². The van der Waals surface area contributed by atoms with Gasteiger partial charge in [0, 0.05) is 11.7 Å². The molecule has 0 radical (unpaired) electrons. The zero-order chi connectivity index (χ0) is 11.4. The van der Waals surface area contributed by atoms with Crippen LogP contribution >= 0.6 is 12.2 Å². The van der Waals surface area contributed by atoms with Gasteiger partial charge in [0.15, 0.2) is 5.11 Å². The summed E-state index contributed by atoms with van der Waals surface area (Å²) >= 11 is 5.17. The summed E-state index contributed by atoms with van der Waals surface area (Å²) in [5.74, 6) is -0.256. The molecule has 86 valence electrons. The summed E-state index contributed by atoms with van der Waals surface area (Å²) in [4.78, 5) is 0. The van der Waals surface area contributed by atoms with E-state index in [1.165, 1.54) is 37.8 Å². The Morgan fingerprint density at radius 3 is 2.75 bits per heavy atom. The topological polar surface area (TPSA) is 24.1 Å². The lowest BCUT2D eigenvalue weighted by atomic mass is 10.2. The predicted octanol–water partition coefficient (Wildman–Crippen LogP) is 3.05. The molecule has 2 N–H and O–H groups in total. The third-order valence-corrected chi connectivity index (χ3v) is 2.99. The standard InChI is InChI=1S/C12H15FN2S/c13-9-4-3-7-11(8-9)15-12(16)14-10-5-1-2-6-10/h3-4,7-8,10H,1-2,5-6H2,(H2,14,15,16). The molecule has 1 aliphatic rings. The van der Waals surface area contributed by atoms with Crippen molar-refractivity contribution in [2.24, 2.45) is 0 Å². The maximum absolute atomic E-state index is 12.9. The van der Waals surface area contributed by atoms with E-state index in [9.17, 15) is 4.39 Å². The smallest absolute Gasteiger partial charge is 0.170 e. The zero-order valence-electron chi connectivity index (χ0n) is 9.00. The Kier molecular flexibility index (Phi) is 3.72. The van der Waals surface area contributed by atoms with Crippen LogP contribution in [0.15, 0.2) is 24.3 Å². The van der Waals surface area contributed by atoms with Crippen molar-refractivity contribution in [3.05, 3.63) is 30.1 Å². The van der Waals surface area contributed by atoms with Crippen LogP contribution in [0.25, 0.3) is 0 Å². The second-order valence-electron chi connectivity index (χ2n) is 4.09. The minimum Gasteiger partial charge on any atom is -0.360 e. The maximum atomic E-state index is 12.9. The number of hydrogen-bond donors (Lipinski definition) is 2. The van der Waals surface area contributed by atoms with Crippen LogP contribution in [0.1, 0.15) is 25.7 Å². The van der Waals surface area contributed by atoms with Crippen LogP contribution in [-0.4, -0.2) is 11.2 Å². The number of halogens is 1. The molecule has 0 spiro atoms. The molecule has 0 aliphatic heterocycles. The fourth-order valence-corrected chi connectivity index (χ4v) is 2.27. The number of hydrogen-bond acceptors (Lipinski definition) is 1. The number of thiocarbonyl (C=S) groups is 1. The van der Waals surface area contributed by atoms with E-state index in [0.29, 0.717) is 16.8 Å². The number of nitrogens with one attached hydrogen (secondary N) is 2. The molecule has 0 saturated heterocycles. The summed E-state index contributed by atoms with van der Waals surface area (Å²) in [6.07, 6.45) is 4.87.